The molecule has 0 atom stereocenters. The molecule has 118 valence electrons. The third-order valence-corrected chi connectivity index (χ3v) is 4.80. The van der Waals surface area contributed by atoms with Crippen LogP contribution < -0.4 is 4.90 Å². The number of nitrogens with zero attached hydrogens (tertiary/aromatic N) is 1. The van der Waals surface area contributed by atoms with Crippen molar-refractivity contribution in [1.29, 1.82) is 0 Å². The molecule has 1 aromatic rings. The van der Waals surface area contributed by atoms with Crippen LogP contribution in [0.3, 0.4) is 0 Å². The molecule has 1 nitrogen and oxygen atoms in total. The molecule has 0 unspecified atom stereocenters. The lowest BCUT2D eigenvalue weighted by Crippen LogP contribution is -2.26. The molecule has 0 aliphatic heterocycles. The van der Waals surface area contributed by atoms with E-state index in [0.717, 1.165) is 5.92 Å². The van der Waals surface area contributed by atoms with Crippen molar-refractivity contribution in [2.45, 2.75) is 71.6 Å². The second-order valence-corrected chi connectivity index (χ2v) is 6.68. The van der Waals surface area contributed by atoms with Crippen molar-refractivity contribution >= 4 is 5.69 Å². The fourth-order valence-electron chi connectivity index (χ4n) is 3.76. The van der Waals surface area contributed by atoms with Gasteiger partial charge < -0.3 is 4.90 Å². The number of para-hydroxylation sites is 1. The third kappa shape index (κ3) is 5.05. The summed E-state index contributed by atoms with van der Waals surface area (Å²) >= 11 is 0. The number of rotatable bonds is 7. The highest BCUT2D eigenvalue weighted by Gasteiger charge is 2.16. The maximum atomic E-state index is 2.60. The zero-order chi connectivity index (χ0) is 14.9. The third-order valence-electron chi connectivity index (χ3n) is 4.80. The summed E-state index contributed by atoms with van der Waals surface area (Å²) in [6.45, 7) is 6.96. The first-order valence-electron chi connectivity index (χ1n) is 9.18. The van der Waals surface area contributed by atoms with Crippen LogP contribution in [0.2, 0.25) is 0 Å². The summed E-state index contributed by atoms with van der Waals surface area (Å²) in [5.74, 6) is 0.916. The average Bonchev–Trinajstić information content (AvgIpc) is 2.76. The second kappa shape index (κ2) is 9.12. The molecule has 1 aliphatic carbocycles. The predicted molar refractivity (Wildman–Crippen MR) is 94.1 cm³/mol. The van der Waals surface area contributed by atoms with Gasteiger partial charge in [0.15, 0.2) is 0 Å². The number of benzene rings is 1. The first-order chi connectivity index (χ1) is 10.3. The van der Waals surface area contributed by atoms with E-state index >= 15 is 0 Å². The number of hydrogen-bond donors (Lipinski definition) is 0. The molecule has 0 spiro atoms. The molecule has 0 aromatic heterocycles. The van der Waals surface area contributed by atoms with Gasteiger partial charge in [-0.3, -0.25) is 0 Å². The van der Waals surface area contributed by atoms with Crippen LogP contribution in [-0.4, -0.2) is 13.1 Å². The van der Waals surface area contributed by atoms with Gasteiger partial charge in [-0.05, 0) is 36.8 Å². The average molecular weight is 287 g/mol. The van der Waals surface area contributed by atoms with Gasteiger partial charge in [-0.15, -0.1) is 0 Å². The lowest BCUT2D eigenvalue weighted by atomic mass is 9.91. The molecular formula is C20H33N. The Morgan fingerprint density at radius 3 is 2.14 bits per heavy atom. The topological polar surface area (TPSA) is 3.24 Å². The SMILES string of the molecule is CCCN(CCC)c1ccccc1CC1CCCCCC1. The van der Waals surface area contributed by atoms with E-state index in [-0.39, 0.29) is 0 Å². The van der Waals surface area contributed by atoms with Gasteiger partial charge in [-0.25, -0.2) is 0 Å². The quantitative estimate of drug-likeness (QED) is 0.571. The molecule has 0 heterocycles. The van der Waals surface area contributed by atoms with Gasteiger partial charge in [0.25, 0.3) is 0 Å². The molecule has 2 rings (SSSR count). The maximum absolute atomic E-state index is 2.60. The Morgan fingerprint density at radius 2 is 1.52 bits per heavy atom. The molecule has 1 fully saturated rings. The summed E-state index contributed by atoms with van der Waals surface area (Å²) in [5.41, 5.74) is 3.09. The Kier molecular flexibility index (Phi) is 7.12. The number of anilines is 1. The Labute approximate surface area is 131 Å². The molecule has 1 heteroatoms. The molecule has 1 aromatic carbocycles. The molecular weight excluding hydrogens is 254 g/mol. The van der Waals surface area contributed by atoms with Crippen molar-refractivity contribution in [3.63, 3.8) is 0 Å². The van der Waals surface area contributed by atoms with Gasteiger partial charge in [0.1, 0.15) is 0 Å². The van der Waals surface area contributed by atoms with Gasteiger partial charge in [-0.2, -0.15) is 0 Å². The summed E-state index contributed by atoms with van der Waals surface area (Å²) in [6, 6.07) is 9.16. The van der Waals surface area contributed by atoms with E-state index in [1.807, 2.05) is 0 Å². The van der Waals surface area contributed by atoms with Crippen molar-refractivity contribution in [3.05, 3.63) is 29.8 Å². The maximum Gasteiger partial charge on any atom is 0.0398 e. The van der Waals surface area contributed by atoms with E-state index < -0.39 is 0 Å². The minimum absolute atomic E-state index is 0.916. The Bertz CT molecular complexity index is 385. The molecule has 0 bridgehead atoms. The molecule has 0 radical (unpaired) electrons. The Hall–Kier alpha value is -0.980. The van der Waals surface area contributed by atoms with Crippen molar-refractivity contribution in [1.82, 2.24) is 0 Å². The molecule has 1 aliphatic rings. The van der Waals surface area contributed by atoms with Crippen LogP contribution in [0.4, 0.5) is 5.69 Å². The molecule has 0 amide bonds. The number of hydrogen-bond acceptors (Lipinski definition) is 1. The van der Waals surface area contributed by atoms with E-state index in [9.17, 15) is 0 Å². The first-order valence-corrected chi connectivity index (χ1v) is 9.18. The summed E-state index contributed by atoms with van der Waals surface area (Å²) < 4.78 is 0. The van der Waals surface area contributed by atoms with Crippen LogP contribution in [0, 0.1) is 5.92 Å². The van der Waals surface area contributed by atoms with Gasteiger partial charge in [0.2, 0.25) is 0 Å². The van der Waals surface area contributed by atoms with Gasteiger partial charge in [-0.1, -0.05) is 70.6 Å². The lowest BCUT2D eigenvalue weighted by Gasteiger charge is -2.27. The fraction of sp³-hybridized carbons (Fsp3) is 0.700. The van der Waals surface area contributed by atoms with Gasteiger partial charge >= 0.3 is 0 Å². The van der Waals surface area contributed by atoms with Crippen LogP contribution in [0.15, 0.2) is 24.3 Å². The molecule has 21 heavy (non-hydrogen) atoms. The van der Waals surface area contributed by atoms with E-state index in [1.165, 1.54) is 76.6 Å². The highest BCUT2D eigenvalue weighted by Crippen LogP contribution is 2.30. The normalized spacial score (nSPS) is 16.7. The summed E-state index contributed by atoms with van der Waals surface area (Å²) in [6.07, 6.45) is 12.4. The van der Waals surface area contributed by atoms with Crippen LogP contribution in [-0.2, 0) is 6.42 Å². The largest absolute Gasteiger partial charge is 0.371 e. The summed E-state index contributed by atoms with van der Waals surface area (Å²) in [7, 11) is 0. The molecule has 1 saturated carbocycles. The smallest absolute Gasteiger partial charge is 0.0398 e. The summed E-state index contributed by atoms with van der Waals surface area (Å²) in [4.78, 5) is 2.60. The van der Waals surface area contributed by atoms with E-state index in [1.54, 1.807) is 5.56 Å². The minimum Gasteiger partial charge on any atom is -0.371 e. The van der Waals surface area contributed by atoms with Crippen LogP contribution in [0.25, 0.3) is 0 Å². The zero-order valence-corrected chi connectivity index (χ0v) is 14.1. The lowest BCUT2D eigenvalue weighted by molar-refractivity contribution is 0.457. The molecule has 0 N–H and O–H groups in total. The zero-order valence-electron chi connectivity index (χ0n) is 14.1. The summed E-state index contributed by atoms with van der Waals surface area (Å²) in [5, 5.41) is 0. The highest BCUT2D eigenvalue weighted by molar-refractivity contribution is 5.53. The standard InChI is InChI=1S/C20H33N/c1-3-15-21(16-4-2)20-14-10-9-13-19(20)17-18-11-7-5-6-8-12-18/h9-10,13-14,18H,3-8,11-12,15-17H2,1-2H3. The minimum atomic E-state index is 0.916. The highest BCUT2D eigenvalue weighted by atomic mass is 15.1. The van der Waals surface area contributed by atoms with Gasteiger partial charge in [0, 0.05) is 18.8 Å². The molecule has 0 saturated heterocycles. The van der Waals surface area contributed by atoms with Gasteiger partial charge in [0.05, 0.1) is 0 Å². The van der Waals surface area contributed by atoms with E-state index in [0.29, 0.717) is 0 Å². The first kappa shape index (κ1) is 16.4. The Balaban J connectivity index is 2.10. The Morgan fingerprint density at radius 1 is 0.905 bits per heavy atom. The van der Waals surface area contributed by atoms with Crippen LogP contribution >= 0.6 is 0 Å². The van der Waals surface area contributed by atoms with Crippen LogP contribution in [0.1, 0.15) is 70.8 Å². The monoisotopic (exact) mass is 287 g/mol. The van der Waals surface area contributed by atoms with Crippen molar-refractivity contribution in [2.75, 3.05) is 18.0 Å². The van der Waals surface area contributed by atoms with Crippen molar-refractivity contribution in [3.8, 4) is 0 Å². The fourth-order valence-corrected chi connectivity index (χ4v) is 3.76. The van der Waals surface area contributed by atoms with E-state index in [2.05, 4.69) is 43.0 Å². The predicted octanol–water partition coefficient (Wildman–Crippen LogP) is 5.83. The van der Waals surface area contributed by atoms with E-state index in [4.69, 9.17) is 0 Å². The second-order valence-electron chi connectivity index (χ2n) is 6.68. The van der Waals surface area contributed by atoms with Crippen molar-refractivity contribution in [2.24, 2.45) is 5.92 Å². The van der Waals surface area contributed by atoms with Crippen molar-refractivity contribution < 1.29 is 0 Å². The van der Waals surface area contributed by atoms with Crippen LogP contribution in [0.5, 0.6) is 0 Å².